The minimum absolute atomic E-state index is 0.115. The highest BCUT2D eigenvalue weighted by molar-refractivity contribution is 5.92. The molecule has 2 heterocycles. The lowest BCUT2D eigenvalue weighted by molar-refractivity contribution is -0.117. The summed E-state index contributed by atoms with van der Waals surface area (Å²) in [6, 6.07) is 14.0. The quantitative estimate of drug-likeness (QED) is 0.713. The van der Waals surface area contributed by atoms with Gasteiger partial charge in [-0.3, -0.25) is 14.6 Å². The van der Waals surface area contributed by atoms with Crippen LogP contribution in [-0.4, -0.2) is 58.4 Å². The molecule has 1 aromatic heterocycles. The van der Waals surface area contributed by atoms with Gasteiger partial charge in [0, 0.05) is 18.8 Å². The van der Waals surface area contributed by atoms with Gasteiger partial charge in [0.1, 0.15) is 11.6 Å². The number of nitrogens with zero attached hydrogens (tertiary/aromatic N) is 3. The minimum atomic E-state index is -0.353. The van der Waals surface area contributed by atoms with Gasteiger partial charge in [-0.25, -0.2) is 9.37 Å². The van der Waals surface area contributed by atoms with Crippen molar-refractivity contribution in [3.05, 3.63) is 60.2 Å². The van der Waals surface area contributed by atoms with Crippen molar-refractivity contribution in [2.75, 3.05) is 38.0 Å². The number of halogens is 1. The molecule has 0 bridgehead atoms. The van der Waals surface area contributed by atoms with Crippen LogP contribution in [0.1, 0.15) is 12.2 Å². The molecule has 28 heavy (non-hydrogen) atoms. The van der Waals surface area contributed by atoms with E-state index in [2.05, 4.69) is 25.1 Å². The highest BCUT2D eigenvalue weighted by Gasteiger charge is 2.18. The van der Waals surface area contributed by atoms with Crippen LogP contribution in [0, 0.1) is 5.82 Å². The summed E-state index contributed by atoms with van der Waals surface area (Å²) in [6.45, 7) is 4.63. The molecule has 1 aliphatic heterocycles. The molecule has 1 amide bonds. The van der Waals surface area contributed by atoms with Crippen LogP contribution in [0.25, 0.3) is 11.0 Å². The molecule has 4 rings (SSSR count). The Morgan fingerprint density at radius 3 is 2.75 bits per heavy atom. The highest BCUT2D eigenvalue weighted by Crippen LogP contribution is 2.13. The van der Waals surface area contributed by atoms with Crippen LogP contribution in [0.4, 0.5) is 10.1 Å². The van der Waals surface area contributed by atoms with Crippen molar-refractivity contribution in [3.63, 3.8) is 0 Å². The Labute approximate surface area is 163 Å². The summed E-state index contributed by atoms with van der Waals surface area (Å²) in [7, 11) is 0. The number of carbonyl (C=O) groups excluding carboxylic acids is 1. The standard InChI is InChI=1S/C21H24FN5O/c22-16-5-3-6-17(13-16)23-21(28)15-27-10-4-9-26(11-12-27)14-20-24-18-7-1-2-8-19(18)25-20/h1-3,5-8,13H,4,9-12,14-15H2,(H,23,28)(H,24,25). The number of H-pyrrole nitrogens is 1. The first-order chi connectivity index (χ1) is 13.7. The molecule has 2 aromatic carbocycles. The molecule has 0 spiro atoms. The Hall–Kier alpha value is -2.77. The fourth-order valence-electron chi connectivity index (χ4n) is 3.60. The molecular formula is C21H24FN5O. The van der Waals surface area contributed by atoms with Crippen molar-refractivity contribution in [2.24, 2.45) is 0 Å². The largest absolute Gasteiger partial charge is 0.341 e. The molecule has 6 nitrogen and oxygen atoms in total. The maximum Gasteiger partial charge on any atom is 0.238 e. The van der Waals surface area contributed by atoms with Crippen molar-refractivity contribution < 1.29 is 9.18 Å². The topological polar surface area (TPSA) is 64.3 Å². The zero-order valence-electron chi connectivity index (χ0n) is 15.7. The molecule has 7 heteroatoms. The van der Waals surface area contributed by atoms with Crippen molar-refractivity contribution >= 4 is 22.6 Å². The number of carbonyl (C=O) groups is 1. The second kappa shape index (κ2) is 8.50. The zero-order chi connectivity index (χ0) is 19.3. The number of imidazole rings is 1. The molecule has 1 saturated heterocycles. The van der Waals surface area contributed by atoms with Gasteiger partial charge in [0.15, 0.2) is 0 Å². The van der Waals surface area contributed by atoms with Crippen LogP contribution in [0.5, 0.6) is 0 Å². The zero-order valence-corrected chi connectivity index (χ0v) is 15.7. The second-order valence-corrected chi connectivity index (χ2v) is 7.17. The van der Waals surface area contributed by atoms with Crippen molar-refractivity contribution in [1.82, 2.24) is 19.8 Å². The number of amides is 1. The van der Waals surface area contributed by atoms with E-state index < -0.39 is 0 Å². The fraction of sp³-hybridized carbons (Fsp3) is 0.333. The number of aromatic amines is 1. The van der Waals surface area contributed by atoms with Crippen LogP contribution >= 0.6 is 0 Å². The third-order valence-corrected chi connectivity index (χ3v) is 4.97. The van der Waals surface area contributed by atoms with E-state index >= 15 is 0 Å². The summed E-state index contributed by atoms with van der Waals surface area (Å²) in [5, 5.41) is 2.77. The van der Waals surface area contributed by atoms with Crippen LogP contribution < -0.4 is 5.32 Å². The minimum Gasteiger partial charge on any atom is -0.341 e. The predicted octanol–water partition coefficient (Wildman–Crippen LogP) is 2.85. The van der Waals surface area contributed by atoms with Gasteiger partial charge in [0.2, 0.25) is 5.91 Å². The lowest BCUT2D eigenvalue weighted by Crippen LogP contribution is -2.36. The van der Waals surface area contributed by atoms with Gasteiger partial charge in [-0.05, 0) is 49.8 Å². The molecule has 1 aliphatic rings. The summed E-state index contributed by atoms with van der Waals surface area (Å²) in [6.07, 6.45) is 0.994. The van der Waals surface area contributed by atoms with E-state index in [1.165, 1.54) is 12.1 Å². The molecule has 0 aliphatic carbocycles. The summed E-state index contributed by atoms with van der Waals surface area (Å²) >= 11 is 0. The van der Waals surface area contributed by atoms with Gasteiger partial charge in [-0.2, -0.15) is 0 Å². The smallest absolute Gasteiger partial charge is 0.238 e. The third kappa shape index (κ3) is 4.74. The second-order valence-electron chi connectivity index (χ2n) is 7.17. The van der Waals surface area contributed by atoms with Gasteiger partial charge < -0.3 is 10.3 Å². The lowest BCUT2D eigenvalue weighted by Gasteiger charge is -2.20. The van der Waals surface area contributed by atoms with Crippen LogP contribution in [0.3, 0.4) is 0 Å². The van der Waals surface area contributed by atoms with Crippen LogP contribution in [0.15, 0.2) is 48.5 Å². The van der Waals surface area contributed by atoms with E-state index in [4.69, 9.17) is 0 Å². The molecule has 0 unspecified atom stereocenters. The highest BCUT2D eigenvalue weighted by atomic mass is 19.1. The van der Waals surface area contributed by atoms with E-state index in [9.17, 15) is 9.18 Å². The van der Waals surface area contributed by atoms with Crippen molar-refractivity contribution in [3.8, 4) is 0 Å². The summed E-state index contributed by atoms with van der Waals surface area (Å²) in [5.74, 6) is 0.503. The molecular weight excluding hydrogens is 357 g/mol. The molecule has 0 atom stereocenters. The van der Waals surface area contributed by atoms with Gasteiger partial charge in [-0.15, -0.1) is 0 Å². The number of rotatable bonds is 5. The summed E-state index contributed by atoms with van der Waals surface area (Å²) < 4.78 is 13.2. The van der Waals surface area contributed by atoms with Gasteiger partial charge >= 0.3 is 0 Å². The van der Waals surface area contributed by atoms with E-state index in [0.717, 1.165) is 56.0 Å². The Kier molecular flexibility index (Phi) is 5.64. The lowest BCUT2D eigenvalue weighted by atomic mass is 10.3. The van der Waals surface area contributed by atoms with Crippen LogP contribution in [-0.2, 0) is 11.3 Å². The van der Waals surface area contributed by atoms with Gasteiger partial charge in [0.25, 0.3) is 0 Å². The maximum atomic E-state index is 13.2. The van der Waals surface area contributed by atoms with E-state index in [-0.39, 0.29) is 11.7 Å². The SMILES string of the molecule is O=C(CN1CCCN(Cc2nc3ccccc3[nH]2)CC1)Nc1cccc(F)c1. The van der Waals surface area contributed by atoms with Crippen molar-refractivity contribution in [2.45, 2.75) is 13.0 Å². The predicted molar refractivity (Wildman–Crippen MR) is 107 cm³/mol. The maximum absolute atomic E-state index is 13.2. The Balaban J connectivity index is 1.29. The van der Waals surface area contributed by atoms with Crippen molar-refractivity contribution in [1.29, 1.82) is 0 Å². The number of aromatic nitrogens is 2. The van der Waals surface area contributed by atoms with Gasteiger partial charge in [-0.1, -0.05) is 18.2 Å². The molecule has 3 aromatic rings. The summed E-state index contributed by atoms with van der Waals surface area (Å²) in [4.78, 5) is 24.8. The first kappa shape index (κ1) is 18.6. The van der Waals surface area contributed by atoms with E-state index in [0.29, 0.717) is 12.2 Å². The number of benzene rings is 2. The van der Waals surface area contributed by atoms with Crippen LogP contribution in [0.2, 0.25) is 0 Å². The fourth-order valence-corrected chi connectivity index (χ4v) is 3.60. The molecule has 146 valence electrons. The summed E-state index contributed by atoms with van der Waals surface area (Å²) in [5.41, 5.74) is 2.54. The number of anilines is 1. The number of para-hydroxylation sites is 2. The Morgan fingerprint density at radius 1 is 1.07 bits per heavy atom. The normalized spacial score (nSPS) is 16.2. The Morgan fingerprint density at radius 2 is 1.89 bits per heavy atom. The molecule has 0 saturated carbocycles. The number of hydrogen-bond donors (Lipinski definition) is 2. The average molecular weight is 381 g/mol. The number of fused-ring (bicyclic) bond motifs is 1. The average Bonchev–Trinajstić information content (AvgIpc) is 2.95. The van der Waals surface area contributed by atoms with E-state index in [1.54, 1.807) is 12.1 Å². The first-order valence-corrected chi connectivity index (χ1v) is 9.59. The molecule has 2 N–H and O–H groups in total. The number of hydrogen-bond acceptors (Lipinski definition) is 4. The molecule has 1 fully saturated rings. The Bertz CT molecular complexity index is 924. The number of nitrogens with one attached hydrogen (secondary N) is 2. The van der Waals surface area contributed by atoms with Gasteiger partial charge in [0.05, 0.1) is 24.1 Å². The monoisotopic (exact) mass is 381 g/mol. The molecule has 0 radical (unpaired) electrons. The third-order valence-electron chi connectivity index (χ3n) is 4.97. The first-order valence-electron chi connectivity index (χ1n) is 9.59. The van der Waals surface area contributed by atoms with E-state index in [1.807, 2.05) is 24.3 Å².